The number of carbonyl (C=O) groups excluding carboxylic acids is 1. The summed E-state index contributed by atoms with van der Waals surface area (Å²) in [5.41, 5.74) is 6.11. The van der Waals surface area contributed by atoms with Gasteiger partial charge >= 0.3 is 0 Å². The van der Waals surface area contributed by atoms with Crippen molar-refractivity contribution in [3.05, 3.63) is 0 Å². The minimum Gasteiger partial charge on any atom is -0.354 e. The van der Waals surface area contributed by atoms with Crippen molar-refractivity contribution in [3.8, 4) is 0 Å². The lowest BCUT2D eigenvalue weighted by atomic mass is 9.70. The number of carbonyl (C=O) groups is 1. The number of nitrogens with one attached hydrogen (secondary N) is 1. The average molecular weight is 369 g/mol. The largest absolute Gasteiger partial charge is 0.354 e. The molecule has 138 valence electrons. The maximum atomic E-state index is 11.9. The fourth-order valence-corrected chi connectivity index (χ4v) is 3.76. The van der Waals surface area contributed by atoms with Crippen molar-refractivity contribution in [1.29, 1.82) is 0 Å². The lowest BCUT2D eigenvalue weighted by molar-refractivity contribution is -0.122. The van der Waals surface area contributed by atoms with Crippen LogP contribution in [0.3, 0.4) is 0 Å². The maximum absolute atomic E-state index is 11.9. The second-order valence-corrected chi connectivity index (χ2v) is 10.1. The standard InChI is InChI=1S/C16H32N2O3S.ClH/c1-16(2,3)13-7-5-12(6-8-13)11-18-15(19)14(17)9-10-22(4,20)21;/h12-14H,5-11,17H2,1-4H3,(H,18,19);1H. The molecule has 0 spiro atoms. The Labute approximate surface area is 147 Å². The van der Waals surface area contributed by atoms with Gasteiger partial charge in [-0.2, -0.15) is 0 Å². The van der Waals surface area contributed by atoms with Crippen molar-refractivity contribution in [2.24, 2.45) is 23.0 Å². The van der Waals surface area contributed by atoms with Gasteiger partial charge in [0.1, 0.15) is 9.84 Å². The Kier molecular flexibility index (Phi) is 9.10. The molecule has 5 nitrogen and oxygen atoms in total. The molecule has 1 saturated carbocycles. The maximum Gasteiger partial charge on any atom is 0.236 e. The van der Waals surface area contributed by atoms with E-state index in [1.165, 1.54) is 12.8 Å². The predicted molar refractivity (Wildman–Crippen MR) is 97.5 cm³/mol. The van der Waals surface area contributed by atoms with Crippen LogP contribution in [0.4, 0.5) is 0 Å². The van der Waals surface area contributed by atoms with Crippen molar-refractivity contribution >= 4 is 28.2 Å². The third-order valence-electron chi connectivity index (χ3n) is 4.77. The summed E-state index contributed by atoms with van der Waals surface area (Å²) in [7, 11) is -3.07. The number of halogens is 1. The molecular weight excluding hydrogens is 336 g/mol. The normalized spacial score (nSPS) is 23.7. The highest BCUT2D eigenvalue weighted by atomic mass is 35.5. The van der Waals surface area contributed by atoms with Crippen LogP contribution in [0.5, 0.6) is 0 Å². The van der Waals surface area contributed by atoms with E-state index in [-0.39, 0.29) is 30.5 Å². The summed E-state index contributed by atoms with van der Waals surface area (Å²) in [6.45, 7) is 7.53. The second kappa shape index (κ2) is 9.23. The molecule has 3 N–H and O–H groups in total. The van der Waals surface area contributed by atoms with Crippen molar-refractivity contribution in [3.63, 3.8) is 0 Å². The van der Waals surface area contributed by atoms with Crippen molar-refractivity contribution in [2.45, 2.75) is 58.9 Å². The highest BCUT2D eigenvalue weighted by Crippen LogP contribution is 2.39. The first-order valence-corrected chi connectivity index (χ1v) is 10.3. The van der Waals surface area contributed by atoms with Gasteiger partial charge in [-0.05, 0) is 49.4 Å². The summed E-state index contributed by atoms with van der Waals surface area (Å²) in [6.07, 6.45) is 6.04. The zero-order valence-corrected chi connectivity index (χ0v) is 16.4. The minimum atomic E-state index is -3.07. The van der Waals surface area contributed by atoms with Crippen LogP contribution in [0.15, 0.2) is 0 Å². The highest BCUT2D eigenvalue weighted by molar-refractivity contribution is 7.90. The van der Waals surface area contributed by atoms with Crippen LogP contribution < -0.4 is 11.1 Å². The molecule has 0 radical (unpaired) electrons. The van der Waals surface area contributed by atoms with Gasteiger partial charge in [0.2, 0.25) is 5.91 Å². The number of hydrogen-bond acceptors (Lipinski definition) is 4. The van der Waals surface area contributed by atoms with Crippen molar-refractivity contribution in [2.75, 3.05) is 18.6 Å². The van der Waals surface area contributed by atoms with E-state index in [9.17, 15) is 13.2 Å². The van der Waals surface area contributed by atoms with E-state index in [4.69, 9.17) is 5.73 Å². The molecule has 1 atom stereocenters. The number of rotatable bonds is 6. The SMILES string of the molecule is CC(C)(C)C1CCC(CNC(=O)C(N)CCS(C)(=O)=O)CC1.Cl. The van der Waals surface area contributed by atoms with E-state index >= 15 is 0 Å². The Balaban J connectivity index is 0.00000484. The van der Waals surface area contributed by atoms with Gasteiger partial charge in [0.15, 0.2) is 0 Å². The lowest BCUT2D eigenvalue weighted by Crippen LogP contribution is -2.43. The van der Waals surface area contributed by atoms with E-state index in [1.807, 2.05) is 0 Å². The first-order chi connectivity index (χ1) is 9.99. The van der Waals surface area contributed by atoms with Crippen molar-refractivity contribution < 1.29 is 13.2 Å². The highest BCUT2D eigenvalue weighted by Gasteiger charge is 2.29. The molecule has 23 heavy (non-hydrogen) atoms. The van der Waals surface area contributed by atoms with E-state index in [1.54, 1.807) is 0 Å². The van der Waals surface area contributed by atoms with Crippen LogP contribution in [0.25, 0.3) is 0 Å². The Morgan fingerprint density at radius 1 is 1.22 bits per heavy atom. The molecular formula is C16H33ClN2O3S. The zero-order valence-electron chi connectivity index (χ0n) is 14.8. The van der Waals surface area contributed by atoms with Crippen LogP contribution in [0.1, 0.15) is 52.9 Å². The first-order valence-electron chi connectivity index (χ1n) is 8.20. The molecule has 1 fully saturated rings. The third-order valence-corrected chi connectivity index (χ3v) is 5.75. The van der Waals surface area contributed by atoms with E-state index in [0.717, 1.165) is 25.0 Å². The molecule has 1 aliphatic rings. The van der Waals surface area contributed by atoms with Gasteiger partial charge in [0, 0.05) is 12.8 Å². The Morgan fingerprint density at radius 2 is 1.74 bits per heavy atom. The summed E-state index contributed by atoms with van der Waals surface area (Å²) in [5.74, 6) is 1.00. The third kappa shape index (κ3) is 8.91. The number of amides is 1. The van der Waals surface area contributed by atoms with Gasteiger partial charge in [-0.1, -0.05) is 20.8 Å². The van der Waals surface area contributed by atoms with Crippen LogP contribution in [-0.2, 0) is 14.6 Å². The average Bonchev–Trinajstić information content (AvgIpc) is 2.40. The van der Waals surface area contributed by atoms with Crippen LogP contribution in [0.2, 0.25) is 0 Å². The van der Waals surface area contributed by atoms with E-state index in [0.29, 0.717) is 17.9 Å². The Bertz CT molecular complexity index is 466. The van der Waals surface area contributed by atoms with E-state index < -0.39 is 15.9 Å². The summed E-state index contributed by atoms with van der Waals surface area (Å²) in [6, 6.07) is -0.736. The molecule has 0 aliphatic heterocycles. The van der Waals surface area contributed by atoms with E-state index in [2.05, 4.69) is 26.1 Å². The Morgan fingerprint density at radius 3 is 2.17 bits per heavy atom. The summed E-state index contributed by atoms with van der Waals surface area (Å²) in [5, 5.41) is 2.88. The number of sulfone groups is 1. The van der Waals surface area contributed by atoms with Gasteiger partial charge < -0.3 is 11.1 Å². The van der Waals surface area contributed by atoms with Crippen LogP contribution in [-0.4, -0.2) is 38.9 Å². The van der Waals surface area contributed by atoms with Crippen molar-refractivity contribution in [1.82, 2.24) is 5.32 Å². The molecule has 0 saturated heterocycles. The second-order valence-electron chi connectivity index (χ2n) is 7.85. The fraction of sp³-hybridized carbons (Fsp3) is 0.938. The molecule has 1 aliphatic carbocycles. The molecule has 0 aromatic carbocycles. The fourth-order valence-electron chi connectivity index (χ4n) is 3.08. The molecule has 1 rings (SSSR count). The number of hydrogen-bond donors (Lipinski definition) is 2. The van der Waals surface area contributed by atoms with Crippen LogP contribution >= 0.6 is 12.4 Å². The topological polar surface area (TPSA) is 89.3 Å². The molecule has 0 aromatic heterocycles. The smallest absolute Gasteiger partial charge is 0.236 e. The molecule has 0 aromatic rings. The Hall–Kier alpha value is -0.330. The zero-order chi connectivity index (χ0) is 17.0. The van der Waals surface area contributed by atoms with Crippen LogP contribution in [0, 0.1) is 17.3 Å². The lowest BCUT2D eigenvalue weighted by Gasteiger charge is -2.37. The quantitative estimate of drug-likeness (QED) is 0.751. The van der Waals surface area contributed by atoms with Gasteiger partial charge in [0.25, 0.3) is 0 Å². The first kappa shape index (κ1) is 22.7. The predicted octanol–water partition coefficient (Wildman–Crippen LogP) is 2.14. The minimum absolute atomic E-state index is 0. The summed E-state index contributed by atoms with van der Waals surface area (Å²) < 4.78 is 22.2. The van der Waals surface area contributed by atoms with Gasteiger partial charge in [-0.3, -0.25) is 4.79 Å². The summed E-state index contributed by atoms with van der Waals surface area (Å²) >= 11 is 0. The van der Waals surface area contributed by atoms with Gasteiger partial charge in [-0.15, -0.1) is 12.4 Å². The molecule has 1 unspecified atom stereocenters. The molecule has 7 heteroatoms. The summed E-state index contributed by atoms with van der Waals surface area (Å²) in [4.78, 5) is 11.9. The van der Waals surface area contributed by atoms with Gasteiger partial charge in [0.05, 0.1) is 11.8 Å². The van der Waals surface area contributed by atoms with Gasteiger partial charge in [-0.25, -0.2) is 8.42 Å². The monoisotopic (exact) mass is 368 g/mol. The molecule has 1 amide bonds. The number of nitrogens with two attached hydrogens (primary N) is 1. The molecule has 0 bridgehead atoms. The molecule has 0 heterocycles.